The van der Waals surface area contributed by atoms with Crippen molar-refractivity contribution in [1.82, 2.24) is 0 Å². The molecule has 6 heteroatoms. The molecule has 0 atom stereocenters. The number of carbonyl (C=O) groups is 1. The van der Waals surface area contributed by atoms with Gasteiger partial charge in [0.25, 0.3) is 5.91 Å². The smallest absolute Gasteiger partial charge is 0.336 e. The maximum absolute atomic E-state index is 11.9. The monoisotopic (exact) mass is 373 g/mol. The van der Waals surface area contributed by atoms with E-state index in [0.717, 1.165) is 9.86 Å². The number of hydrogen-bond donors (Lipinski definition) is 1. The topological polar surface area (TPSA) is 68.5 Å². The molecule has 0 aliphatic carbocycles. The Morgan fingerprint density at radius 2 is 1.83 bits per heavy atom. The maximum Gasteiger partial charge on any atom is 0.336 e. The molecule has 1 aromatic heterocycles. The molecule has 0 aliphatic rings. The number of anilines is 1. The average molecular weight is 374 g/mol. The Bertz CT molecular complexity index is 902. The van der Waals surface area contributed by atoms with Crippen LogP contribution in [0.5, 0.6) is 5.75 Å². The number of benzene rings is 2. The third-order valence-corrected chi connectivity index (χ3v) is 3.62. The molecule has 5 nitrogen and oxygen atoms in total. The van der Waals surface area contributed by atoms with Crippen LogP contribution in [0.2, 0.25) is 0 Å². The second-order valence-electron chi connectivity index (χ2n) is 4.80. The van der Waals surface area contributed by atoms with Gasteiger partial charge in [-0.3, -0.25) is 4.79 Å². The minimum absolute atomic E-state index is 0.140. The molecule has 0 bridgehead atoms. The zero-order valence-electron chi connectivity index (χ0n) is 11.9. The molecule has 2 aromatic carbocycles. The quantitative estimate of drug-likeness (QED) is 0.709. The van der Waals surface area contributed by atoms with Crippen LogP contribution in [0, 0.1) is 0 Å². The first-order chi connectivity index (χ1) is 11.1. The fourth-order valence-electron chi connectivity index (χ4n) is 2.01. The molecule has 1 heterocycles. The van der Waals surface area contributed by atoms with Crippen LogP contribution in [0.25, 0.3) is 11.0 Å². The molecule has 3 aromatic rings. The van der Waals surface area contributed by atoms with Crippen LogP contribution in [0.15, 0.2) is 68.3 Å². The van der Waals surface area contributed by atoms with Gasteiger partial charge in [-0.25, -0.2) is 4.79 Å². The van der Waals surface area contributed by atoms with Gasteiger partial charge in [-0.15, -0.1) is 0 Å². The van der Waals surface area contributed by atoms with E-state index in [9.17, 15) is 9.59 Å². The lowest BCUT2D eigenvalue weighted by Crippen LogP contribution is -2.20. The normalized spacial score (nSPS) is 10.5. The Morgan fingerprint density at radius 3 is 2.61 bits per heavy atom. The van der Waals surface area contributed by atoms with Crippen LogP contribution in [-0.2, 0) is 4.79 Å². The molecule has 0 unspecified atom stereocenters. The van der Waals surface area contributed by atoms with Gasteiger partial charge in [0.1, 0.15) is 11.3 Å². The molecule has 0 radical (unpaired) electrons. The lowest BCUT2D eigenvalue weighted by molar-refractivity contribution is -0.118. The van der Waals surface area contributed by atoms with Crippen LogP contribution in [-0.4, -0.2) is 12.5 Å². The largest absolute Gasteiger partial charge is 0.484 e. The molecular formula is C17H12BrNO4. The van der Waals surface area contributed by atoms with Crippen LogP contribution < -0.4 is 15.7 Å². The second-order valence-corrected chi connectivity index (χ2v) is 5.71. The summed E-state index contributed by atoms with van der Waals surface area (Å²) < 4.78 is 11.4. The van der Waals surface area contributed by atoms with Crippen molar-refractivity contribution in [2.45, 2.75) is 0 Å². The number of hydrogen-bond acceptors (Lipinski definition) is 4. The summed E-state index contributed by atoms with van der Waals surface area (Å²) in [7, 11) is 0. The third-order valence-electron chi connectivity index (χ3n) is 3.09. The van der Waals surface area contributed by atoms with Crippen molar-refractivity contribution < 1.29 is 13.9 Å². The molecule has 1 amide bonds. The van der Waals surface area contributed by atoms with Gasteiger partial charge in [0.15, 0.2) is 6.61 Å². The summed E-state index contributed by atoms with van der Waals surface area (Å²) >= 11 is 3.33. The van der Waals surface area contributed by atoms with E-state index in [0.29, 0.717) is 17.0 Å². The molecule has 116 valence electrons. The summed E-state index contributed by atoms with van der Waals surface area (Å²) in [6.45, 7) is -0.140. The van der Waals surface area contributed by atoms with E-state index in [-0.39, 0.29) is 12.5 Å². The van der Waals surface area contributed by atoms with Gasteiger partial charge in [0.05, 0.1) is 0 Å². The highest BCUT2D eigenvalue weighted by atomic mass is 79.9. The van der Waals surface area contributed by atoms with E-state index in [1.807, 2.05) is 12.1 Å². The van der Waals surface area contributed by atoms with Crippen molar-refractivity contribution in [3.05, 3.63) is 69.5 Å². The molecule has 0 fully saturated rings. The van der Waals surface area contributed by atoms with E-state index in [2.05, 4.69) is 21.2 Å². The Labute approximate surface area is 140 Å². The Morgan fingerprint density at radius 1 is 1.09 bits per heavy atom. The van der Waals surface area contributed by atoms with Crippen LogP contribution in [0.3, 0.4) is 0 Å². The molecule has 0 spiro atoms. The van der Waals surface area contributed by atoms with Crippen molar-refractivity contribution in [2.75, 3.05) is 11.9 Å². The van der Waals surface area contributed by atoms with E-state index in [1.165, 1.54) is 6.07 Å². The first-order valence-corrected chi connectivity index (χ1v) is 7.61. The summed E-state index contributed by atoms with van der Waals surface area (Å²) in [6.07, 6.45) is 0. The number of fused-ring (bicyclic) bond motifs is 1. The predicted octanol–water partition coefficient (Wildman–Crippen LogP) is 3.57. The maximum atomic E-state index is 11.9. The number of rotatable bonds is 4. The Balaban J connectivity index is 1.64. The molecule has 0 aliphatic heterocycles. The second kappa shape index (κ2) is 6.66. The molecule has 23 heavy (non-hydrogen) atoms. The number of amides is 1. The lowest BCUT2D eigenvalue weighted by atomic mass is 10.2. The highest BCUT2D eigenvalue weighted by Gasteiger charge is 2.05. The van der Waals surface area contributed by atoms with Gasteiger partial charge in [-0.05, 0) is 42.5 Å². The average Bonchev–Trinajstić information content (AvgIpc) is 2.54. The van der Waals surface area contributed by atoms with Gasteiger partial charge < -0.3 is 14.5 Å². The SMILES string of the molecule is O=C(COc1ccc2ccc(=O)oc2c1)Nc1ccc(Br)cc1. The third kappa shape index (κ3) is 3.98. The highest BCUT2D eigenvalue weighted by molar-refractivity contribution is 9.10. The van der Waals surface area contributed by atoms with Gasteiger partial charge in [-0.1, -0.05) is 15.9 Å². The van der Waals surface area contributed by atoms with E-state index in [4.69, 9.17) is 9.15 Å². The first kappa shape index (κ1) is 15.3. The zero-order chi connectivity index (χ0) is 16.2. The summed E-state index contributed by atoms with van der Waals surface area (Å²) in [5.41, 5.74) is 0.678. The van der Waals surface area contributed by atoms with Crippen molar-refractivity contribution in [3.63, 3.8) is 0 Å². The Kier molecular flexibility index (Phi) is 4.43. The number of ether oxygens (including phenoxy) is 1. The number of halogens is 1. The standard InChI is InChI=1S/C17H12BrNO4/c18-12-3-5-13(6-4-12)19-16(20)10-22-14-7-1-11-2-8-17(21)23-15(11)9-14/h1-9H,10H2,(H,19,20). The molecule has 3 rings (SSSR count). The summed E-state index contributed by atoms with van der Waals surface area (Å²) in [5.74, 6) is 0.180. The summed E-state index contributed by atoms with van der Waals surface area (Å²) in [5, 5.41) is 3.52. The number of carbonyl (C=O) groups excluding carboxylic acids is 1. The first-order valence-electron chi connectivity index (χ1n) is 6.82. The van der Waals surface area contributed by atoms with Crippen molar-refractivity contribution in [1.29, 1.82) is 0 Å². The lowest BCUT2D eigenvalue weighted by Gasteiger charge is -2.08. The van der Waals surface area contributed by atoms with Gasteiger partial charge >= 0.3 is 5.63 Å². The summed E-state index contributed by atoms with van der Waals surface area (Å²) in [4.78, 5) is 23.1. The highest BCUT2D eigenvalue weighted by Crippen LogP contribution is 2.19. The minimum atomic E-state index is -0.428. The summed E-state index contributed by atoms with van der Waals surface area (Å²) in [6, 6.07) is 15.3. The van der Waals surface area contributed by atoms with Crippen LogP contribution >= 0.6 is 15.9 Å². The fourth-order valence-corrected chi connectivity index (χ4v) is 2.27. The fraction of sp³-hybridized carbons (Fsp3) is 0.0588. The van der Waals surface area contributed by atoms with Crippen LogP contribution in [0.1, 0.15) is 0 Å². The molecular weight excluding hydrogens is 362 g/mol. The molecule has 0 saturated heterocycles. The molecule has 1 N–H and O–H groups in total. The van der Waals surface area contributed by atoms with E-state index >= 15 is 0 Å². The van der Waals surface area contributed by atoms with E-state index < -0.39 is 5.63 Å². The van der Waals surface area contributed by atoms with Crippen LogP contribution in [0.4, 0.5) is 5.69 Å². The van der Waals surface area contributed by atoms with Crippen molar-refractivity contribution in [3.8, 4) is 5.75 Å². The van der Waals surface area contributed by atoms with E-state index in [1.54, 1.807) is 36.4 Å². The van der Waals surface area contributed by atoms with Gasteiger partial charge in [0.2, 0.25) is 0 Å². The van der Waals surface area contributed by atoms with Gasteiger partial charge in [-0.2, -0.15) is 0 Å². The van der Waals surface area contributed by atoms with Gasteiger partial charge in [0, 0.05) is 27.7 Å². The number of nitrogens with one attached hydrogen (secondary N) is 1. The zero-order valence-corrected chi connectivity index (χ0v) is 13.5. The predicted molar refractivity (Wildman–Crippen MR) is 90.8 cm³/mol. The van der Waals surface area contributed by atoms with Crippen molar-refractivity contribution in [2.24, 2.45) is 0 Å². The van der Waals surface area contributed by atoms with Crippen molar-refractivity contribution >= 4 is 38.5 Å². The Hall–Kier alpha value is -2.60. The molecule has 0 saturated carbocycles. The minimum Gasteiger partial charge on any atom is -0.484 e.